The summed E-state index contributed by atoms with van der Waals surface area (Å²) in [6, 6.07) is 0.869. The Balaban J connectivity index is 1.67. The minimum absolute atomic E-state index is 0.209. The van der Waals surface area contributed by atoms with Gasteiger partial charge in [0.05, 0.1) is 6.10 Å². The Morgan fingerprint density at radius 2 is 1.72 bits per heavy atom. The summed E-state index contributed by atoms with van der Waals surface area (Å²) in [6.07, 6.45) is 6.56. The molecule has 4 heteroatoms. The maximum Gasteiger partial charge on any atom is 0.226 e. The SMILES string of the molecule is COC1C[C@H]2CC[C@@H](C1)N2C(=O)C1CCOCC1. The van der Waals surface area contributed by atoms with E-state index in [-0.39, 0.29) is 5.92 Å². The summed E-state index contributed by atoms with van der Waals surface area (Å²) in [5.41, 5.74) is 0. The molecule has 3 aliphatic rings. The normalized spacial score (nSPS) is 36.9. The van der Waals surface area contributed by atoms with E-state index in [0.29, 0.717) is 24.1 Å². The second kappa shape index (κ2) is 5.17. The van der Waals surface area contributed by atoms with Crippen molar-refractivity contribution in [2.75, 3.05) is 20.3 Å². The molecule has 0 aliphatic carbocycles. The maximum absolute atomic E-state index is 12.6. The number of hydrogen-bond acceptors (Lipinski definition) is 3. The zero-order valence-electron chi connectivity index (χ0n) is 11.1. The second-order valence-electron chi connectivity index (χ2n) is 5.85. The van der Waals surface area contributed by atoms with E-state index >= 15 is 0 Å². The van der Waals surface area contributed by atoms with Crippen LogP contribution in [0, 0.1) is 5.92 Å². The van der Waals surface area contributed by atoms with Crippen molar-refractivity contribution in [3.05, 3.63) is 0 Å². The molecule has 3 atom stereocenters. The van der Waals surface area contributed by atoms with Gasteiger partial charge in [0.2, 0.25) is 5.91 Å². The van der Waals surface area contributed by atoms with Gasteiger partial charge in [-0.15, -0.1) is 0 Å². The van der Waals surface area contributed by atoms with E-state index in [1.165, 1.54) is 12.8 Å². The van der Waals surface area contributed by atoms with Crippen LogP contribution in [0.25, 0.3) is 0 Å². The molecule has 0 saturated carbocycles. The van der Waals surface area contributed by atoms with Crippen molar-refractivity contribution in [2.45, 2.75) is 56.7 Å². The molecule has 0 aromatic heterocycles. The van der Waals surface area contributed by atoms with E-state index in [4.69, 9.17) is 9.47 Å². The largest absolute Gasteiger partial charge is 0.381 e. The van der Waals surface area contributed by atoms with Gasteiger partial charge >= 0.3 is 0 Å². The van der Waals surface area contributed by atoms with Crippen LogP contribution < -0.4 is 0 Å². The van der Waals surface area contributed by atoms with E-state index < -0.39 is 0 Å². The van der Waals surface area contributed by atoms with E-state index in [9.17, 15) is 4.79 Å². The van der Waals surface area contributed by atoms with E-state index in [2.05, 4.69) is 4.90 Å². The first kappa shape index (κ1) is 12.4. The lowest BCUT2D eigenvalue weighted by Crippen LogP contribution is -2.51. The Bertz CT molecular complexity index is 300. The fourth-order valence-electron chi connectivity index (χ4n) is 3.83. The Morgan fingerprint density at radius 3 is 2.28 bits per heavy atom. The number of nitrogens with zero attached hydrogens (tertiary/aromatic N) is 1. The van der Waals surface area contributed by atoms with Gasteiger partial charge < -0.3 is 14.4 Å². The van der Waals surface area contributed by atoms with Crippen LogP contribution in [0.2, 0.25) is 0 Å². The average Bonchev–Trinajstić information content (AvgIpc) is 2.69. The zero-order valence-corrected chi connectivity index (χ0v) is 11.1. The number of fused-ring (bicyclic) bond motifs is 2. The number of carbonyl (C=O) groups excluding carboxylic acids is 1. The standard InChI is InChI=1S/C14H23NO3/c1-17-13-8-11-2-3-12(9-13)15(11)14(16)10-4-6-18-7-5-10/h10-13H,2-9H2,1H3/t11-,12+,13?. The third kappa shape index (κ3) is 2.16. The van der Waals surface area contributed by atoms with Gasteiger partial charge in [0.1, 0.15) is 0 Å². The third-order valence-electron chi connectivity index (χ3n) is 4.85. The van der Waals surface area contributed by atoms with E-state index in [0.717, 1.165) is 38.9 Å². The molecule has 1 amide bonds. The van der Waals surface area contributed by atoms with Crippen molar-refractivity contribution in [1.29, 1.82) is 0 Å². The van der Waals surface area contributed by atoms with Gasteiger partial charge in [0.25, 0.3) is 0 Å². The summed E-state index contributed by atoms with van der Waals surface area (Å²) in [5.74, 6) is 0.598. The van der Waals surface area contributed by atoms with Gasteiger partial charge in [0, 0.05) is 38.3 Å². The molecule has 102 valence electrons. The van der Waals surface area contributed by atoms with Crippen LogP contribution in [0.5, 0.6) is 0 Å². The molecule has 0 spiro atoms. The molecule has 0 aromatic rings. The van der Waals surface area contributed by atoms with Crippen LogP contribution in [-0.2, 0) is 14.3 Å². The molecule has 0 radical (unpaired) electrons. The summed E-state index contributed by atoms with van der Waals surface area (Å²) in [5, 5.41) is 0. The van der Waals surface area contributed by atoms with Crippen LogP contribution >= 0.6 is 0 Å². The number of methoxy groups -OCH3 is 1. The maximum atomic E-state index is 12.6. The predicted molar refractivity (Wildman–Crippen MR) is 67.2 cm³/mol. The molecule has 0 N–H and O–H groups in total. The minimum atomic E-state index is 0.209. The van der Waals surface area contributed by atoms with Crippen molar-refractivity contribution in [3.8, 4) is 0 Å². The number of piperidine rings is 1. The van der Waals surface area contributed by atoms with E-state index in [1.807, 2.05) is 0 Å². The molecule has 3 fully saturated rings. The number of amides is 1. The molecule has 2 bridgehead atoms. The van der Waals surface area contributed by atoms with Crippen molar-refractivity contribution in [2.24, 2.45) is 5.92 Å². The highest BCUT2D eigenvalue weighted by Gasteiger charge is 2.44. The van der Waals surface area contributed by atoms with Gasteiger partial charge in [0.15, 0.2) is 0 Å². The molecular weight excluding hydrogens is 230 g/mol. The summed E-state index contributed by atoms with van der Waals surface area (Å²) in [6.45, 7) is 1.50. The van der Waals surface area contributed by atoms with Crippen molar-refractivity contribution < 1.29 is 14.3 Å². The Morgan fingerprint density at radius 1 is 1.11 bits per heavy atom. The second-order valence-corrected chi connectivity index (χ2v) is 5.85. The monoisotopic (exact) mass is 253 g/mol. The van der Waals surface area contributed by atoms with Crippen LogP contribution in [0.4, 0.5) is 0 Å². The lowest BCUT2D eigenvalue weighted by molar-refractivity contribution is -0.145. The predicted octanol–water partition coefficient (Wildman–Crippen LogP) is 1.58. The van der Waals surface area contributed by atoms with E-state index in [1.54, 1.807) is 7.11 Å². The van der Waals surface area contributed by atoms with Crippen LogP contribution in [0.1, 0.15) is 38.5 Å². The lowest BCUT2D eigenvalue weighted by Gasteiger charge is -2.40. The van der Waals surface area contributed by atoms with Crippen molar-refractivity contribution >= 4 is 5.91 Å². The van der Waals surface area contributed by atoms with Gasteiger partial charge in [-0.05, 0) is 38.5 Å². The molecule has 18 heavy (non-hydrogen) atoms. The van der Waals surface area contributed by atoms with Gasteiger partial charge in [-0.3, -0.25) is 4.79 Å². The van der Waals surface area contributed by atoms with Gasteiger partial charge in [-0.2, -0.15) is 0 Å². The first-order chi connectivity index (χ1) is 8.79. The molecule has 4 nitrogen and oxygen atoms in total. The summed E-state index contributed by atoms with van der Waals surface area (Å²) in [4.78, 5) is 14.8. The Kier molecular flexibility index (Phi) is 3.57. The molecular formula is C14H23NO3. The molecule has 0 aromatic carbocycles. The van der Waals surface area contributed by atoms with Crippen LogP contribution in [0.15, 0.2) is 0 Å². The zero-order chi connectivity index (χ0) is 12.5. The topological polar surface area (TPSA) is 38.8 Å². The fourth-order valence-corrected chi connectivity index (χ4v) is 3.83. The number of rotatable bonds is 2. The Hall–Kier alpha value is -0.610. The molecule has 3 aliphatic heterocycles. The number of hydrogen-bond donors (Lipinski definition) is 0. The molecule has 3 saturated heterocycles. The molecule has 3 rings (SSSR count). The number of ether oxygens (including phenoxy) is 2. The minimum Gasteiger partial charge on any atom is -0.381 e. The highest BCUT2D eigenvalue weighted by molar-refractivity contribution is 5.80. The summed E-state index contributed by atoms with van der Waals surface area (Å²) < 4.78 is 10.8. The van der Waals surface area contributed by atoms with Crippen molar-refractivity contribution in [3.63, 3.8) is 0 Å². The van der Waals surface area contributed by atoms with Gasteiger partial charge in [-0.1, -0.05) is 0 Å². The first-order valence-electron chi connectivity index (χ1n) is 7.22. The lowest BCUT2D eigenvalue weighted by atomic mass is 9.93. The fraction of sp³-hybridized carbons (Fsp3) is 0.929. The average molecular weight is 253 g/mol. The highest BCUT2D eigenvalue weighted by Crippen LogP contribution is 2.38. The summed E-state index contributed by atoms with van der Waals surface area (Å²) in [7, 11) is 1.79. The van der Waals surface area contributed by atoms with Crippen molar-refractivity contribution in [1.82, 2.24) is 4.90 Å². The van der Waals surface area contributed by atoms with Gasteiger partial charge in [-0.25, -0.2) is 0 Å². The van der Waals surface area contributed by atoms with Crippen LogP contribution in [0.3, 0.4) is 0 Å². The molecule has 3 heterocycles. The number of carbonyl (C=O) groups is 1. The van der Waals surface area contributed by atoms with Crippen LogP contribution in [-0.4, -0.2) is 49.3 Å². The smallest absolute Gasteiger partial charge is 0.226 e. The Labute approximate surface area is 109 Å². The summed E-state index contributed by atoms with van der Waals surface area (Å²) >= 11 is 0. The first-order valence-corrected chi connectivity index (χ1v) is 7.22. The third-order valence-corrected chi connectivity index (χ3v) is 4.85. The highest BCUT2D eigenvalue weighted by atomic mass is 16.5. The molecule has 1 unspecified atom stereocenters. The quantitative estimate of drug-likeness (QED) is 0.750.